The monoisotopic (exact) mass is 275 g/mol. The van der Waals surface area contributed by atoms with Crippen molar-refractivity contribution in [3.8, 4) is 0 Å². The molecule has 0 radical (unpaired) electrons. The number of para-hydroxylation sites is 1. The van der Waals surface area contributed by atoms with Crippen molar-refractivity contribution in [1.29, 1.82) is 0 Å². The molecule has 1 aliphatic rings. The summed E-state index contributed by atoms with van der Waals surface area (Å²) in [7, 11) is 0. The molecular formula is C17H29N3. The van der Waals surface area contributed by atoms with Crippen molar-refractivity contribution in [2.75, 3.05) is 37.6 Å². The molecule has 0 bridgehead atoms. The SMILES string of the molecule is CCNCc1ccccc1N1CCN(C(C)(C)C)CC1. The van der Waals surface area contributed by atoms with Gasteiger partial charge in [0.05, 0.1) is 0 Å². The molecule has 1 fully saturated rings. The third kappa shape index (κ3) is 3.74. The zero-order chi connectivity index (χ0) is 14.6. The number of benzene rings is 1. The van der Waals surface area contributed by atoms with Crippen LogP contribution in [0.1, 0.15) is 33.3 Å². The summed E-state index contributed by atoms with van der Waals surface area (Å²) < 4.78 is 0. The van der Waals surface area contributed by atoms with Gasteiger partial charge in [0.1, 0.15) is 0 Å². The van der Waals surface area contributed by atoms with Gasteiger partial charge in [0.15, 0.2) is 0 Å². The maximum absolute atomic E-state index is 3.44. The highest BCUT2D eigenvalue weighted by atomic mass is 15.3. The standard InChI is InChI=1S/C17H29N3/c1-5-18-14-15-8-6-7-9-16(15)19-10-12-20(13-11-19)17(2,3)4/h6-9,18H,5,10-14H2,1-4H3. The van der Waals surface area contributed by atoms with E-state index in [1.54, 1.807) is 0 Å². The lowest BCUT2D eigenvalue weighted by molar-refractivity contribution is 0.128. The van der Waals surface area contributed by atoms with Gasteiger partial charge in [0.25, 0.3) is 0 Å². The number of hydrogen-bond acceptors (Lipinski definition) is 3. The Bertz CT molecular complexity index is 414. The van der Waals surface area contributed by atoms with Gasteiger partial charge in [0.2, 0.25) is 0 Å². The first-order valence-electron chi connectivity index (χ1n) is 7.81. The van der Waals surface area contributed by atoms with Gasteiger partial charge < -0.3 is 10.2 Å². The number of rotatable bonds is 4. The lowest BCUT2D eigenvalue weighted by atomic mass is 10.0. The van der Waals surface area contributed by atoms with Crippen LogP contribution in [-0.4, -0.2) is 43.2 Å². The number of nitrogens with zero attached hydrogens (tertiary/aromatic N) is 2. The molecule has 0 saturated carbocycles. The molecule has 0 aromatic heterocycles. The Kier molecular flexibility index (Phi) is 5.06. The van der Waals surface area contributed by atoms with E-state index in [2.05, 4.69) is 67.1 Å². The smallest absolute Gasteiger partial charge is 0.0412 e. The average Bonchev–Trinajstić information content (AvgIpc) is 2.45. The minimum absolute atomic E-state index is 0.287. The molecule has 0 aliphatic carbocycles. The van der Waals surface area contributed by atoms with E-state index in [0.29, 0.717) is 0 Å². The van der Waals surface area contributed by atoms with E-state index in [0.717, 1.165) is 39.3 Å². The zero-order valence-electron chi connectivity index (χ0n) is 13.4. The van der Waals surface area contributed by atoms with Crippen molar-refractivity contribution in [2.45, 2.75) is 39.8 Å². The molecule has 3 heteroatoms. The molecule has 0 atom stereocenters. The summed E-state index contributed by atoms with van der Waals surface area (Å²) in [6.07, 6.45) is 0. The zero-order valence-corrected chi connectivity index (χ0v) is 13.4. The van der Waals surface area contributed by atoms with Gasteiger partial charge in [-0.15, -0.1) is 0 Å². The largest absolute Gasteiger partial charge is 0.369 e. The van der Waals surface area contributed by atoms with Crippen LogP contribution in [0.25, 0.3) is 0 Å². The first kappa shape index (κ1) is 15.3. The molecule has 0 amide bonds. The third-order valence-electron chi connectivity index (χ3n) is 4.13. The summed E-state index contributed by atoms with van der Waals surface area (Å²) in [6.45, 7) is 15.6. The Balaban J connectivity index is 2.03. The highest BCUT2D eigenvalue weighted by molar-refractivity contribution is 5.54. The predicted octanol–water partition coefficient (Wildman–Crippen LogP) is 2.72. The van der Waals surface area contributed by atoms with E-state index in [4.69, 9.17) is 0 Å². The average molecular weight is 275 g/mol. The van der Waals surface area contributed by atoms with Gasteiger partial charge in [-0.3, -0.25) is 4.90 Å². The summed E-state index contributed by atoms with van der Waals surface area (Å²) in [4.78, 5) is 5.12. The van der Waals surface area contributed by atoms with Crippen molar-refractivity contribution < 1.29 is 0 Å². The molecule has 0 unspecified atom stereocenters. The van der Waals surface area contributed by atoms with E-state index in [1.165, 1.54) is 11.3 Å². The van der Waals surface area contributed by atoms with E-state index < -0.39 is 0 Å². The van der Waals surface area contributed by atoms with Crippen LogP contribution in [0.2, 0.25) is 0 Å². The Morgan fingerprint density at radius 1 is 1.05 bits per heavy atom. The van der Waals surface area contributed by atoms with Crippen LogP contribution in [-0.2, 0) is 6.54 Å². The summed E-state index contributed by atoms with van der Waals surface area (Å²) in [5.41, 5.74) is 3.11. The van der Waals surface area contributed by atoms with E-state index in [-0.39, 0.29) is 5.54 Å². The molecule has 1 aliphatic heterocycles. The Morgan fingerprint density at radius 3 is 2.30 bits per heavy atom. The van der Waals surface area contributed by atoms with Crippen LogP contribution >= 0.6 is 0 Å². The molecule has 1 N–H and O–H groups in total. The Morgan fingerprint density at radius 2 is 1.70 bits per heavy atom. The molecule has 20 heavy (non-hydrogen) atoms. The first-order chi connectivity index (χ1) is 9.52. The summed E-state index contributed by atoms with van der Waals surface area (Å²) in [6, 6.07) is 8.80. The second kappa shape index (κ2) is 6.59. The Labute approximate surface area is 124 Å². The van der Waals surface area contributed by atoms with Crippen LogP contribution in [0.3, 0.4) is 0 Å². The fourth-order valence-electron chi connectivity index (χ4n) is 2.85. The van der Waals surface area contributed by atoms with Crippen molar-refractivity contribution >= 4 is 5.69 Å². The molecule has 1 saturated heterocycles. The van der Waals surface area contributed by atoms with E-state index in [9.17, 15) is 0 Å². The third-order valence-corrected chi connectivity index (χ3v) is 4.13. The molecule has 112 valence electrons. The number of nitrogens with one attached hydrogen (secondary N) is 1. The molecule has 2 rings (SSSR count). The first-order valence-corrected chi connectivity index (χ1v) is 7.81. The molecule has 1 aromatic rings. The van der Waals surface area contributed by atoms with Gasteiger partial charge in [-0.1, -0.05) is 25.1 Å². The highest BCUT2D eigenvalue weighted by Gasteiger charge is 2.26. The number of anilines is 1. The second-order valence-electron chi connectivity index (χ2n) is 6.55. The Hall–Kier alpha value is -1.06. The maximum atomic E-state index is 3.44. The fourth-order valence-corrected chi connectivity index (χ4v) is 2.85. The second-order valence-corrected chi connectivity index (χ2v) is 6.55. The lowest BCUT2D eigenvalue weighted by Gasteiger charge is -2.43. The quantitative estimate of drug-likeness (QED) is 0.911. The summed E-state index contributed by atoms with van der Waals surface area (Å²) in [5.74, 6) is 0. The van der Waals surface area contributed by atoms with Crippen molar-refractivity contribution in [3.05, 3.63) is 29.8 Å². The van der Waals surface area contributed by atoms with Crippen LogP contribution in [0, 0.1) is 0 Å². The molecule has 0 spiro atoms. The molecule has 1 heterocycles. The topological polar surface area (TPSA) is 18.5 Å². The van der Waals surface area contributed by atoms with Gasteiger partial charge in [-0.05, 0) is 38.9 Å². The molecule has 3 nitrogen and oxygen atoms in total. The van der Waals surface area contributed by atoms with Gasteiger partial charge in [-0.25, -0.2) is 0 Å². The van der Waals surface area contributed by atoms with Crippen molar-refractivity contribution in [3.63, 3.8) is 0 Å². The molecular weight excluding hydrogens is 246 g/mol. The van der Waals surface area contributed by atoms with Crippen LogP contribution in [0.4, 0.5) is 5.69 Å². The van der Waals surface area contributed by atoms with Gasteiger partial charge >= 0.3 is 0 Å². The lowest BCUT2D eigenvalue weighted by Crippen LogP contribution is -2.53. The highest BCUT2D eigenvalue weighted by Crippen LogP contribution is 2.24. The minimum atomic E-state index is 0.287. The normalized spacial score (nSPS) is 17.5. The van der Waals surface area contributed by atoms with Crippen LogP contribution in [0.15, 0.2) is 24.3 Å². The predicted molar refractivity (Wildman–Crippen MR) is 87.4 cm³/mol. The number of piperazine rings is 1. The van der Waals surface area contributed by atoms with Crippen molar-refractivity contribution in [2.24, 2.45) is 0 Å². The summed E-state index contributed by atoms with van der Waals surface area (Å²) >= 11 is 0. The van der Waals surface area contributed by atoms with Gasteiger partial charge in [0, 0.05) is 44.0 Å². The van der Waals surface area contributed by atoms with Gasteiger partial charge in [-0.2, -0.15) is 0 Å². The van der Waals surface area contributed by atoms with E-state index >= 15 is 0 Å². The van der Waals surface area contributed by atoms with E-state index in [1.807, 2.05) is 0 Å². The fraction of sp³-hybridized carbons (Fsp3) is 0.647. The van der Waals surface area contributed by atoms with Crippen LogP contribution < -0.4 is 10.2 Å². The number of hydrogen-bond donors (Lipinski definition) is 1. The van der Waals surface area contributed by atoms with Crippen LogP contribution in [0.5, 0.6) is 0 Å². The van der Waals surface area contributed by atoms with Crippen molar-refractivity contribution in [1.82, 2.24) is 10.2 Å². The maximum Gasteiger partial charge on any atom is 0.0412 e. The molecule has 1 aromatic carbocycles. The summed E-state index contributed by atoms with van der Waals surface area (Å²) in [5, 5.41) is 3.44. The minimum Gasteiger partial charge on any atom is -0.369 e.